The van der Waals surface area contributed by atoms with Crippen molar-refractivity contribution in [3.63, 3.8) is 0 Å². The van der Waals surface area contributed by atoms with Crippen molar-refractivity contribution in [2.75, 3.05) is 13.1 Å². The molecule has 4 rings (SSSR count). The Bertz CT molecular complexity index is 870. The number of aromatic nitrogens is 3. The normalized spacial score (nSPS) is 21.3. The van der Waals surface area contributed by atoms with Gasteiger partial charge in [0.2, 0.25) is 5.91 Å². The van der Waals surface area contributed by atoms with Gasteiger partial charge < -0.3 is 4.90 Å². The lowest BCUT2D eigenvalue weighted by Crippen LogP contribution is -2.40. The zero-order valence-corrected chi connectivity index (χ0v) is 15.5. The Morgan fingerprint density at radius 2 is 1.96 bits per heavy atom. The number of carbonyl (C=O) groups is 1. The molecule has 1 amide bonds. The van der Waals surface area contributed by atoms with Crippen LogP contribution in [0.15, 0.2) is 12.1 Å². The van der Waals surface area contributed by atoms with Gasteiger partial charge in [-0.15, -0.1) is 0 Å². The number of fused-ring (bicyclic) bond motifs is 1. The van der Waals surface area contributed by atoms with Crippen LogP contribution in [0, 0.1) is 5.92 Å². The molecule has 2 aromatic heterocycles. The molecule has 146 valence electrons. The van der Waals surface area contributed by atoms with E-state index >= 15 is 0 Å². The van der Waals surface area contributed by atoms with Crippen LogP contribution in [0.1, 0.15) is 68.4 Å². The summed E-state index contributed by atoms with van der Waals surface area (Å²) in [5, 5.41) is 4.25. The second kappa shape index (κ2) is 6.49. The summed E-state index contributed by atoms with van der Waals surface area (Å²) in [7, 11) is 0. The van der Waals surface area contributed by atoms with Gasteiger partial charge in [-0.05, 0) is 37.7 Å². The van der Waals surface area contributed by atoms with Crippen LogP contribution < -0.4 is 0 Å². The topological polar surface area (TPSA) is 50.5 Å². The van der Waals surface area contributed by atoms with Crippen molar-refractivity contribution >= 4 is 11.6 Å². The summed E-state index contributed by atoms with van der Waals surface area (Å²) in [5.74, 6) is 0.166. The van der Waals surface area contributed by atoms with Gasteiger partial charge in [0, 0.05) is 36.7 Å². The van der Waals surface area contributed by atoms with Crippen LogP contribution in [0.2, 0.25) is 0 Å². The molecule has 0 bridgehead atoms. The lowest BCUT2D eigenvalue weighted by Gasteiger charge is -2.32. The number of hydrogen-bond acceptors (Lipinski definition) is 3. The summed E-state index contributed by atoms with van der Waals surface area (Å²) < 4.78 is 41.5. The van der Waals surface area contributed by atoms with Gasteiger partial charge >= 0.3 is 6.18 Å². The van der Waals surface area contributed by atoms with E-state index in [0.29, 0.717) is 17.9 Å². The lowest BCUT2D eigenvalue weighted by atomic mass is 9.94. The quantitative estimate of drug-likeness (QED) is 0.809. The van der Waals surface area contributed by atoms with Gasteiger partial charge in [0.15, 0.2) is 5.65 Å². The standard InChI is InChI=1S/C19H23F3N4O/c1-11(2)14-8-16(19(20,21)22)26-17(23-14)9-15(24-26)13-4-3-7-25(10-13)18(27)12-5-6-12/h8-9,11-13H,3-7,10H2,1-2H3. The number of piperidine rings is 1. The molecule has 0 spiro atoms. The molecule has 2 aromatic rings. The second-order valence-corrected chi connectivity index (χ2v) is 7.96. The molecule has 3 heterocycles. The van der Waals surface area contributed by atoms with Gasteiger partial charge in [0.05, 0.1) is 5.69 Å². The zero-order chi connectivity index (χ0) is 19.3. The number of likely N-dealkylation sites (tertiary alicyclic amines) is 1. The van der Waals surface area contributed by atoms with Gasteiger partial charge in [-0.2, -0.15) is 18.3 Å². The van der Waals surface area contributed by atoms with Gasteiger partial charge in [-0.3, -0.25) is 4.79 Å². The molecule has 2 fully saturated rings. The maximum absolute atomic E-state index is 13.5. The molecular formula is C19H23F3N4O. The summed E-state index contributed by atoms with van der Waals surface area (Å²) in [6.07, 6.45) is -0.949. The molecule has 1 aliphatic carbocycles. The van der Waals surface area contributed by atoms with Crippen LogP contribution in [0.3, 0.4) is 0 Å². The molecule has 1 saturated heterocycles. The molecule has 0 N–H and O–H groups in total. The molecule has 0 radical (unpaired) electrons. The minimum absolute atomic E-state index is 0.0493. The fourth-order valence-electron chi connectivity index (χ4n) is 3.72. The molecule has 0 aromatic carbocycles. The smallest absolute Gasteiger partial charge is 0.342 e. The molecule has 1 saturated carbocycles. The fourth-order valence-corrected chi connectivity index (χ4v) is 3.72. The molecule has 1 atom stereocenters. The molecular weight excluding hydrogens is 357 g/mol. The van der Waals surface area contributed by atoms with Gasteiger partial charge in [-0.1, -0.05) is 13.8 Å². The predicted octanol–water partition coefficient (Wildman–Crippen LogP) is 3.99. The zero-order valence-electron chi connectivity index (χ0n) is 15.5. The Hall–Kier alpha value is -2.12. The maximum atomic E-state index is 13.5. The van der Waals surface area contributed by atoms with Crippen LogP contribution in [-0.4, -0.2) is 38.5 Å². The third-order valence-corrected chi connectivity index (χ3v) is 5.43. The van der Waals surface area contributed by atoms with E-state index in [1.165, 1.54) is 0 Å². The molecule has 2 aliphatic rings. The number of amides is 1. The highest BCUT2D eigenvalue weighted by Gasteiger charge is 2.38. The first-order chi connectivity index (χ1) is 12.7. The van der Waals surface area contributed by atoms with E-state index < -0.39 is 11.9 Å². The highest BCUT2D eigenvalue weighted by atomic mass is 19.4. The highest BCUT2D eigenvalue weighted by molar-refractivity contribution is 5.81. The Kier molecular flexibility index (Phi) is 4.39. The number of hydrogen-bond donors (Lipinski definition) is 0. The number of nitrogens with zero attached hydrogens (tertiary/aromatic N) is 4. The van der Waals surface area contributed by atoms with Crippen LogP contribution in [0.25, 0.3) is 5.65 Å². The first kappa shape index (κ1) is 18.3. The van der Waals surface area contributed by atoms with Gasteiger partial charge in [-0.25, -0.2) is 9.50 Å². The van der Waals surface area contributed by atoms with E-state index in [-0.39, 0.29) is 29.3 Å². The monoisotopic (exact) mass is 380 g/mol. The summed E-state index contributed by atoms with van der Waals surface area (Å²) >= 11 is 0. The fraction of sp³-hybridized carbons (Fsp3) is 0.632. The van der Waals surface area contributed by atoms with E-state index in [4.69, 9.17) is 0 Å². The van der Waals surface area contributed by atoms with Crippen LogP contribution in [-0.2, 0) is 11.0 Å². The number of carbonyl (C=O) groups excluding carboxylic acids is 1. The average Bonchev–Trinajstić information content (AvgIpc) is 3.37. The summed E-state index contributed by atoms with van der Waals surface area (Å²) in [4.78, 5) is 18.6. The molecule has 8 heteroatoms. The van der Waals surface area contributed by atoms with Crippen molar-refractivity contribution in [1.29, 1.82) is 0 Å². The molecule has 1 aliphatic heterocycles. The minimum Gasteiger partial charge on any atom is -0.342 e. The second-order valence-electron chi connectivity index (χ2n) is 7.96. The summed E-state index contributed by atoms with van der Waals surface area (Å²) in [5.41, 5.74) is 0.399. The maximum Gasteiger partial charge on any atom is 0.433 e. The Balaban J connectivity index is 1.69. The Labute approximate surface area is 155 Å². The van der Waals surface area contributed by atoms with Crippen molar-refractivity contribution in [2.45, 2.75) is 57.5 Å². The van der Waals surface area contributed by atoms with Crippen molar-refractivity contribution in [1.82, 2.24) is 19.5 Å². The van der Waals surface area contributed by atoms with E-state index in [2.05, 4.69) is 10.1 Å². The summed E-state index contributed by atoms with van der Waals surface area (Å²) in [6.45, 7) is 4.89. The average molecular weight is 380 g/mol. The highest BCUT2D eigenvalue weighted by Crippen LogP contribution is 2.35. The minimum atomic E-state index is -4.51. The van der Waals surface area contributed by atoms with Crippen molar-refractivity contribution < 1.29 is 18.0 Å². The lowest BCUT2D eigenvalue weighted by molar-refractivity contribution is -0.142. The largest absolute Gasteiger partial charge is 0.433 e. The van der Waals surface area contributed by atoms with Crippen LogP contribution >= 0.6 is 0 Å². The third-order valence-electron chi connectivity index (χ3n) is 5.43. The number of rotatable bonds is 3. The molecule has 5 nitrogen and oxygen atoms in total. The number of halogens is 3. The van der Waals surface area contributed by atoms with E-state index in [0.717, 1.165) is 42.8 Å². The van der Waals surface area contributed by atoms with Crippen molar-refractivity contribution in [3.8, 4) is 0 Å². The SMILES string of the molecule is CC(C)c1cc(C(F)(F)F)n2nc(C3CCCN(C(=O)C4CC4)C3)cc2n1. The molecule has 27 heavy (non-hydrogen) atoms. The predicted molar refractivity (Wildman–Crippen MR) is 93.4 cm³/mol. The van der Waals surface area contributed by atoms with Gasteiger partial charge in [0.25, 0.3) is 0 Å². The molecule has 1 unspecified atom stereocenters. The third kappa shape index (κ3) is 3.53. The van der Waals surface area contributed by atoms with E-state index in [1.807, 2.05) is 18.7 Å². The summed E-state index contributed by atoms with van der Waals surface area (Å²) in [6, 6.07) is 2.73. The van der Waals surface area contributed by atoms with Crippen molar-refractivity contribution in [3.05, 3.63) is 29.2 Å². The van der Waals surface area contributed by atoms with Crippen LogP contribution in [0.4, 0.5) is 13.2 Å². The number of alkyl halides is 3. The first-order valence-corrected chi connectivity index (χ1v) is 9.50. The first-order valence-electron chi connectivity index (χ1n) is 9.50. The van der Waals surface area contributed by atoms with Crippen molar-refractivity contribution in [2.24, 2.45) is 5.92 Å². The van der Waals surface area contributed by atoms with E-state index in [9.17, 15) is 18.0 Å². The van der Waals surface area contributed by atoms with Gasteiger partial charge in [0.1, 0.15) is 5.69 Å². The Morgan fingerprint density at radius 1 is 1.22 bits per heavy atom. The Morgan fingerprint density at radius 3 is 2.59 bits per heavy atom. The van der Waals surface area contributed by atoms with Crippen LogP contribution in [0.5, 0.6) is 0 Å². The van der Waals surface area contributed by atoms with E-state index in [1.54, 1.807) is 6.07 Å².